The van der Waals surface area contributed by atoms with E-state index < -0.39 is 0 Å². The monoisotopic (exact) mass is 302 g/mol. The molecule has 0 aromatic heterocycles. The maximum atomic E-state index is 5.93. The summed E-state index contributed by atoms with van der Waals surface area (Å²) >= 11 is 0. The van der Waals surface area contributed by atoms with E-state index in [0.717, 1.165) is 12.4 Å². The van der Waals surface area contributed by atoms with Crippen LogP contribution >= 0.6 is 0 Å². The van der Waals surface area contributed by atoms with Crippen molar-refractivity contribution in [1.82, 2.24) is 0 Å². The van der Waals surface area contributed by atoms with Crippen LogP contribution in [0.15, 0.2) is 78.9 Å². The van der Waals surface area contributed by atoms with Gasteiger partial charge in [-0.05, 0) is 40.5 Å². The Labute approximate surface area is 136 Å². The Balaban J connectivity index is 1.73. The molecule has 2 nitrogen and oxygen atoms in total. The van der Waals surface area contributed by atoms with Gasteiger partial charge in [0.05, 0.1) is 6.61 Å². The number of ether oxygens (including phenoxy) is 2. The summed E-state index contributed by atoms with van der Waals surface area (Å²) in [4.78, 5) is 0. The van der Waals surface area contributed by atoms with Crippen molar-refractivity contribution in [2.24, 2.45) is 0 Å². The van der Waals surface area contributed by atoms with Gasteiger partial charge in [-0.15, -0.1) is 0 Å². The zero-order chi connectivity index (χ0) is 15.5. The average molecular weight is 302 g/mol. The topological polar surface area (TPSA) is 21.8 Å². The minimum atomic E-state index is 0.260. The van der Waals surface area contributed by atoms with Crippen molar-refractivity contribution in [3.8, 4) is 28.0 Å². The van der Waals surface area contributed by atoms with Gasteiger partial charge in [-0.2, -0.15) is 0 Å². The molecule has 0 amide bonds. The number of benzene rings is 3. The van der Waals surface area contributed by atoms with Crippen molar-refractivity contribution in [3.63, 3.8) is 0 Å². The molecule has 0 spiro atoms. The van der Waals surface area contributed by atoms with Gasteiger partial charge in [-0.3, -0.25) is 0 Å². The first-order valence-electron chi connectivity index (χ1n) is 7.89. The minimum absolute atomic E-state index is 0.260. The van der Waals surface area contributed by atoms with Crippen LogP contribution < -0.4 is 4.74 Å². The molecule has 0 N–H and O–H groups in total. The van der Waals surface area contributed by atoms with Crippen LogP contribution in [0.2, 0.25) is 0 Å². The quantitative estimate of drug-likeness (QED) is 0.632. The lowest BCUT2D eigenvalue weighted by molar-refractivity contribution is 0.263. The highest BCUT2D eigenvalue weighted by atomic mass is 16.6. The Hall–Kier alpha value is -2.58. The van der Waals surface area contributed by atoms with Gasteiger partial charge < -0.3 is 9.47 Å². The van der Waals surface area contributed by atoms with Crippen molar-refractivity contribution in [1.29, 1.82) is 0 Å². The van der Waals surface area contributed by atoms with Crippen LogP contribution in [0, 0.1) is 0 Å². The van der Waals surface area contributed by atoms with Crippen LogP contribution in [0.5, 0.6) is 5.75 Å². The fourth-order valence-corrected chi connectivity index (χ4v) is 2.63. The number of rotatable bonds is 5. The van der Waals surface area contributed by atoms with Crippen molar-refractivity contribution >= 4 is 0 Å². The lowest BCUT2D eigenvalue weighted by Gasteiger charge is -2.11. The van der Waals surface area contributed by atoms with Gasteiger partial charge in [-0.1, -0.05) is 60.7 Å². The second-order valence-corrected chi connectivity index (χ2v) is 5.74. The number of epoxide rings is 1. The lowest BCUT2D eigenvalue weighted by Crippen LogP contribution is -2.04. The van der Waals surface area contributed by atoms with E-state index in [1.54, 1.807) is 0 Å². The van der Waals surface area contributed by atoms with Gasteiger partial charge in [0, 0.05) is 0 Å². The maximum absolute atomic E-state index is 5.93. The second kappa shape index (κ2) is 6.27. The molecule has 3 aromatic carbocycles. The zero-order valence-electron chi connectivity index (χ0n) is 12.8. The van der Waals surface area contributed by atoms with Crippen molar-refractivity contribution < 1.29 is 9.47 Å². The van der Waals surface area contributed by atoms with Gasteiger partial charge in [0.15, 0.2) is 0 Å². The predicted octanol–water partition coefficient (Wildman–Crippen LogP) is 4.80. The summed E-state index contributed by atoms with van der Waals surface area (Å²) in [7, 11) is 0. The molecule has 2 heteroatoms. The molecule has 1 aliphatic rings. The van der Waals surface area contributed by atoms with Crippen LogP contribution in [0.1, 0.15) is 0 Å². The molecule has 1 heterocycles. The molecule has 0 radical (unpaired) electrons. The summed E-state index contributed by atoms with van der Waals surface area (Å²) < 4.78 is 11.2. The first-order valence-corrected chi connectivity index (χ1v) is 7.89. The fourth-order valence-electron chi connectivity index (χ4n) is 2.63. The van der Waals surface area contributed by atoms with Crippen LogP contribution in [-0.2, 0) is 4.74 Å². The van der Waals surface area contributed by atoms with E-state index in [2.05, 4.69) is 66.7 Å². The van der Waals surface area contributed by atoms with Crippen molar-refractivity contribution in [2.75, 3.05) is 13.2 Å². The van der Waals surface area contributed by atoms with Crippen LogP contribution in [0.3, 0.4) is 0 Å². The Morgan fingerprint density at radius 2 is 1.26 bits per heavy atom. The molecule has 1 saturated heterocycles. The summed E-state index contributed by atoms with van der Waals surface area (Å²) in [6.07, 6.45) is 0.260. The van der Waals surface area contributed by atoms with Gasteiger partial charge in [-0.25, -0.2) is 0 Å². The van der Waals surface area contributed by atoms with Gasteiger partial charge >= 0.3 is 0 Å². The van der Waals surface area contributed by atoms with Gasteiger partial charge in [0.25, 0.3) is 0 Å². The summed E-state index contributed by atoms with van der Waals surface area (Å²) in [5, 5.41) is 0. The van der Waals surface area contributed by atoms with Crippen LogP contribution in [-0.4, -0.2) is 19.3 Å². The molecule has 114 valence electrons. The van der Waals surface area contributed by atoms with Crippen molar-refractivity contribution in [2.45, 2.75) is 6.10 Å². The molecular formula is C21H18O2. The molecule has 1 unspecified atom stereocenters. The normalized spacial score (nSPS) is 16.1. The predicted molar refractivity (Wildman–Crippen MR) is 92.5 cm³/mol. The first kappa shape index (κ1) is 14.0. The SMILES string of the molecule is c1ccc(-c2cc(OCC3CO3)cc(-c3ccccc3)c2)cc1. The standard InChI is InChI=1S/C21H18O2/c1-3-7-16(8-4-1)18-11-19(17-9-5-2-6-10-17)13-20(12-18)22-14-21-15-23-21/h1-13,21H,14-15H2. The van der Waals surface area contributed by atoms with Gasteiger partial charge in [0.2, 0.25) is 0 Å². The molecule has 1 fully saturated rings. The second-order valence-electron chi connectivity index (χ2n) is 5.74. The third kappa shape index (κ3) is 3.43. The van der Waals surface area contributed by atoms with E-state index in [0.29, 0.717) is 6.61 Å². The highest BCUT2D eigenvalue weighted by molar-refractivity contribution is 5.75. The molecule has 1 atom stereocenters. The Morgan fingerprint density at radius 3 is 1.74 bits per heavy atom. The summed E-state index contributed by atoms with van der Waals surface area (Å²) in [5.74, 6) is 0.890. The molecule has 3 aromatic rings. The Bertz CT molecular complexity index is 720. The largest absolute Gasteiger partial charge is 0.491 e. The molecule has 4 rings (SSSR count). The molecule has 0 bridgehead atoms. The Morgan fingerprint density at radius 1 is 0.739 bits per heavy atom. The highest BCUT2D eigenvalue weighted by Crippen LogP contribution is 2.31. The van der Waals surface area contributed by atoms with E-state index in [9.17, 15) is 0 Å². The summed E-state index contributed by atoms with van der Waals surface area (Å²) in [6.45, 7) is 1.43. The van der Waals surface area contributed by atoms with E-state index in [4.69, 9.17) is 9.47 Å². The first-order chi connectivity index (χ1) is 11.4. The van der Waals surface area contributed by atoms with E-state index in [1.807, 2.05) is 12.1 Å². The maximum Gasteiger partial charge on any atom is 0.120 e. The van der Waals surface area contributed by atoms with E-state index in [1.165, 1.54) is 22.3 Å². The Kier molecular flexibility index (Phi) is 3.83. The minimum Gasteiger partial charge on any atom is -0.491 e. The number of hydrogen-bond donors (Lipinski definition) is 0. The lowest BCUT2D eigenvalue weighted by atomic mass is 9.98. The molecule has 23 heavy (non-hydrogen) atoms. The highest BCUT2D eigenvalue weighted by Gasteiger charge is 2.23. The third-order valence-corrected chi connectivity index (χ3v) is 3.96. The number of hydrogen-bond acceptors (Lipinski definition) is 2. The molecule has 0 aliphatic carbocycles. The summed E-state index contributed by atoms with van der Waals surface area (Å²) in [5.41, 5.74) is 4.72. The van der Waals surface area contributed by atoms with Crippen molar-refractivity contribution in [3.05, 3.63) is 78.9 Å². The average Bonchev–Trinajstić information content (AvgIpc) is 3.46. The summed E-state index contributed by atoms with van der Waals surface area (Å²) in [6, 6.07) is 27.2. The van der Waals surface area contributed by atoms with Crippen LogP contribution in [0.4, 0.5) is 0 Å². The van der Waals surface area contributed by atoms with E-state index in [-0.39, 0.29) is 6.10 Å². The molecule has 1 aliphatic heterocycles. The smallest absolute Gasteiger partial charge is 0.120 e. The molecule has 0 saturated carbocycles. The third-order valence-electron chi connectivity index (χ3n) is 3.96. The van der Waals surface area contributed by atoms with Gasteiger partial charge in [0.1, 0.15) is 18.5 Å². The zero-order valence-corrected chi connectivity index (χ0v) is 12.8. The van der Waals surface area contributed by atoms with E-state index >= 15 is 0 Å². The van der Waals surface area contributed by atoms with Crippen LogP contribution in [0.25, 0.3) is 22.3 Å². The molecular weight excluding hydrogens is 284 g/mol. The fraction of sp³-hybridized carbons (Fsp3) is 0.143.